The molecular weight excluding hydrogens is 296 g/mol. The highest BCUT2D eigenvalue weighted by Crippen LogP contribution is 2.16. The Morgan fingerprint density at radius 3 is 2.32 bits per heavy atom. The van der Waals surface area contributed by atoms with E-state index < -0.39 is 9.84 Å². The lowest BCUT2D eigenvalue weighted by molar-refractivity contribution is 0.414. The molecule has 2 aromatic carbocycles. The minimum atomic E-state index is -3.30. The second-order valence-corrected chi connectivity index (χ2v) is 7.20. The van der Waals surface area contributed by atoms with Crippen molar-refractivity contribution in [1.82, 2.24) is 0 Å². The molecule has 0 bridgehead atoms. The van der Waals surface area contributed by atoms with Crippen LogP contribution in [0.15, 0.2) is 47.9 Å². The summed E-state index contributed by atoms with van der Waals surface area (Å²) in [5, 5.41) is 1.29. The van der Waals surface area contributed by atoms with Gasteiger partial charge in [-0.15, -0.1) is 0 Å². The van der Waals surface area contributed by atoms with E-state index in [-0.39, 0.29) is 5.75 Å². The average molecular weight is 316 g/mol. The Morgan fingerprint density at radius 1 is 1.05 bits per heavy atom. The first-order chi connectivity index (χ1) is 10.4. The number of hydrogen-bond donors (Lipinski definition) is 0. The summed E-state index contributed by atoms with van der Waals surface area (Å²) in [6.45, 7) is 3.99. The van der Waals surface area contributed by atoms with Crippen LogP contribution in [0, 0.1) is 13.8 Å². The van der Waals surface area contributed by atoms with Gasteiger partial charge in [-0.05, 0) is 48.7 Å². The number of benzene rings is 2. The van der Waals surface area contributed by atoms with Crippen molar-refractivity contribution in [3.8, 4) is 5.75 Å². The summed E-state index contributed by atoms with van der Waals surface area (Å²) < 4.78 is 29.4. The van der Waals surface area contributed by atoms with Crippen molar-refractivity contribution in [2.75, 3.05) is 7.11 Å². The average Bonchev–Trinajstić information content (AvgIpc) is 2.47. The SMILES string of the molecule is COc1ccc(CS(=O)(=O)/C=C/c2ccc(C)cc2C)cc1. The molecule has 3 nitrogen and oxygen atoms in total. The number of methoxy groups -OCH3 is 1. The third-order valence-electron chi connectivity index (χ3n) is 3.41. The van der Waals surface area contributed by atoms with Gasteiger partial charge in [-0.2, -0.15) is 0 Å². The fourth-order valence-electron chi connectivity index (χ4n) is 2.19. The molecule has 0 aliphatic carbocycles. The van der Waals surface area contributed by atoms with E-state index in [0.717, 1.165) is 22.3 Å². The fourth-order valence-corrected chi connectivity index (χ4v) is 3.30. The monoisotopic (exact) mass is 316 g/mol. The normalized spacial score (nSPS) is 11.8. The highest BCUT2D eigenvalue weighted by Gasteiger charge is 2.08. The third kappa shape index (κ3) is 4.46. The molecule has 2 aromatic rings. The van der Waals surface area contributed by atoms with Gasteiger partial charge in [0.25, 0.3) is 0 Å². The summed E-state index contributed by atoms with van der Waals surface area (Å²) in [6.07, 6.45) is 1.66. The van der Waals surface area contributed by atoms with Crippen LogP contribution < -0.4 is 4.74 Å². The first-order valence-corrected chi connectivity index (χ1v) is 8.72. The molecule has 0 spiro atoms. The summed E-state index contributed by atoms with van der Waals surface area (Å²) in [4.78, 5) is 0. The maximum atomic E-state index is 12.2. The Labute approximate surface area is 132 Å². The lowest BCUT2D eigenvalue weighted by Crippen LogP contribution is -2.00. The summed E-state index contributed by atoms with van der Waals surface area (Å²) in [5.41, 5.74) is 3.89. The van der Waals surface area contributed by atoms with Crippen molar-refractivity contribution in [3.05, 3.63) is 70.1 Å². The smallest absolute Gasteiger partial charge is 0.175 e. The lowest BCUT2D eigenvalue weighted by Gasteiger charge is -2.04. The van der Waals surface area contributed by atoms with E-state index in [2.05, 4.69) is 0 Å². The topological polar surface area (TPSA) is 43.4 Å². The Morgan fingerprint density at radius 2 is 1.73 bits per heavy atom. The van der Waals surface area contributed by atoms with E-state index in [4.69, 9.17) is 4.74 Å². The summed E-state index contributed by atoms with van der Waals surface area (Å²) >= 11 is 0. The molecule has 0 fully saturated rings. The minimum absolute atomic E-state index is 0.0155. The fraction of sp³-hybridized carbons (Fsp3) is 0.222. The Hall–Kier alpha value is -2.07. The molecule has 22 heavy (non-hydrogen) atoms. The van der Waals surface area contributed by atoms with Crippen molar-refractivity contribution in [3.63, 3.8) is 0 Å². The van der Waals surface area contributed by atoms with E-state index in [9.17, 15) is 8.42 Å². The number of aryl methyl sites for hydroxylation is 2. The minimum Gasteiger partial charge on any atom is -0.497 e. The second-order valence-electron chi connectivity index (χ2n) is 5.32. The van der Waals surface area contributed by atoms with Gasteiger partial charge >= 0.3 is 0 Å². The van der Waals surface area contributed by atoms with Gasteiger partial charge < -0.3 is 4.74 Å². The first kappa shape index (κ1) is 16.3. The van der Waals surface area contributed by atoms with Gasteiger partial charge in [-0.3, -0.25) is 0 Å². The molecule has 4 heteroatoms. The Balaban J connectivity index is 2.14. The maximum Gasteiger partial charge on any atom is 0.175 e. The van der Waals surface area contributed by atoms with E-state index in [1.165, 1.54) is 5.41 Å². The van der Waals surface area contributed by atoms with Crippen LogP contribution in [0.5, 0.6) is 5.75 Å². The molecule has 0 atom stereocenters. The number of rotatable bonds is 5. The van der Waals surface area contributed by atoms with Crippen LogP contribution in [-0.4, -0.2) is 15.5 Å². The van der Waals surface area contributed by atoms with Gasteiger partial charge in [0.15, 0.2) is 9.84 Å². The molecule has 0 heterocycles. The lowest BCUT2D eigenvalue weighted by atomic mass is 10.1. The largest absolute Gasteiger partial charge is 0.497 e. The highest BCUT2D eigenvalue weighted by molar-refractivity contribution is 7.93. The summed E-state index contributed by atoms with van der Waals surface area (Å²) in [5.74, 6) is 0.699. The predicted molar refractivity (Wildman–Crippen MR) is 90.6 cm³/mol. The molecular formula is C18H20O3S. The maximum absolute atomic E-state index is 12.2. The number of ether oxygens (including phenoxy) is 1. The molecule has 0 saturated carbocycles. The zero-order valence-electron chi connectivity index (χ0n) is 13.0. The zero-order chi connectivity index (χ0) is 16.2. The third-order valence-corrected chi connectivity index (χ3v) is 4.69. The predicted octanol–water partition coefficient (Wildman–Crippen LogP) is 3.90. The van der Waals surface area contributed by atoms with Gasteiger partial charge in [0.2, 0.25) is 0 Å². The molecule has 0 N–H and O–H groups in total. The molecule has 116 valence electrons. The van der Waals surface area contributed by atoms with Gasteiger partial charge in [0.1, 0.15) is 5.75 Å². The molecule has 2 rings (SSSR count). The second kappa shape index (κ2) is 6.79. The summed E-state index contributed by atoms with van der Waals surface area (Å²) in [7, 11) is -1.72. The number of sulfone groups is 1. The van der Waals surface area contributed by atoms with Crippen molar-refractivity contribution in [2.24, 2.45) is 0 Å². The van der Waals surface area contributed by atoms with E-state index >= 15 is 0 Å². The van der Waals surface area contributed by atoms with Crippen LogP contribution in [0.3, 0.4) is 0 Å². The van der Waals surface area contributed by atoms with Crippen LogP contribution >= 0.6 is 0 Å². The molecule has 0 aromatic heterocycles. The van der Waals surface area contributed by atoms with Crippen LogP contribution in [0.1, 0.15) is 22.3 Å². The first-order valence-electron chi connectivity index (χ1n) is 7.01. The van der Waals surface area contributed by atoms with E-state index in [0.29, 0.717) is 5.75 Å². The molecule has 0 unspecified atom stereocenters. The standard InChI is InChI=1S/C18H20O3S/c1-14-4-7-17(15(2)12-14)10-11-22(19,20)13-16-5-8-18(21-3)9-6-16/h4-12H,13H2,1-3H3/b11-10+. The molecule has 0 amide bonds. The van der Waals surface area contributed by atoms with Crippen molar-refractivity contribution >= 4 is 15.9 Å². The van der Waals surface area contributed by atoms with Crippen molar-refractivity contribution < 1.29 is 13.2 Å². The van der Waals surface area contributed by atoms with E-state index in [1.807, 2.05) is 32.0 Å². The molecule has 0 aliphatic heterocycles. The summed E-state index contributed by atoms with van der Waals surface area (Å²) in [6, 6.07) is 13.0. The Bertz CT molecular complexity index is 772. The van der Waals surface area contributed by atoms with Crippen molar-refractivity contribution in [1.29, 1.82) is 0 Å². The van der Waals surface area contributed by atoms with Crippen molar-refractivity contribution in [2.45, 2.75) is 19.6 Å². The van der Waals surface area contributed by atoms with E-state index in [1.54, 1.807) is 37.5 Å². The van der Waals surface area contributed by atoms with Crippen LogP contribution in [0.2, 0.25) is 0 Å². The van der Waals surface area contributed by atoms with Crippen LogP contribution in [0.4, 0.5) is 0 Å². The number of hydrogen-bond acceptors (Lipinski definition) is 3. The van der Waals surface area contributed by atoms with Crippen LogP contribution in [0.25, 0.3) is 6.08 Å². The quantitative estimate of drug-likeness (QED) is 0.840. The van der Waals surface area contributed by atoms with Gasteiger partial charge in [-0.1, -0.05) is 35.9 Å². The van der Waals surface area contributed by atoms with Gasteiger partial charge in [-0.25, -0.2) is 8.42 Å². The van der Waals surface area contributed by atoms with Crippen LogP contribution in [-0.2, 0) is 15.6 Å². The molecule has 0 radical (unpaired) electrons. The molecule has 0 aliphatic rings. The van der Waals surface area contributed by atoms with Gasteiger partial charge in [0, 0.05) is 5.41 Å². The Kier molecular flexibility index (Phi) is 5.03. The molecule has 0 saturated heterocycles. The van der Waals surface area contributed by atoms with Gasteiger partial charge in [0.05, 0.1) is 12.9 Å². The highest BCUT2D eigenvalue weighted by atomic mass is 32.2. The zero-order valence-corrected chi connectivity index (χ0v) is 13.9.